The zero-order valence-electron chi connectivity index (χ0n) is 20.5. The summed E-state index contributed by atoms with van der Waals surface area (Å²) in [5.41, 5.74) is -0.352. The number of hydrogen-bond donors (Lipinski definition) is 0. The van der Waals surface area contributed by atoms with Crippen molar-refractivity contribution in [2.75, 3.05) is 19.8 Å². The molecule has 3 rings (SSSR count). The topological polar surface area (TPSA) is 54.0 Å². The molecule has 0 aliphatic rings. The predicted molar refractivity (Wildman–Crippen MR) is 146 cm³/mol. The molecule has 3 aromatic carbocycles. The second-order valence-corrected chi connectivity index (χ2v) is 9.64. The molecule has 0 spiro atoms. The van der Waals surface area contributed by atoms with Gasteiger partial charge in [0.2, 0.25) is 0 Å². The van der Waals surface area contributed by atoms with Crippen molar-refractivity contribution < 1.29 is 23.7 Å². The highest BCUT2D eigenvalue weighted by Gasteiger charge is 2.22. The Morgan fingerprint density at radius 1 is 0.889 bits per heavy atom. The lowest BCUT2D eigenvalue weighted by Crippen LogP contribution is -2.33. The highest BCUT2D eigenvalue weighted by atomic mass is 35.5. The van der Waals surface area contributed by atoms with E-state index in [2.05, 4.69) is 13.8 Å². The summed E-state index contributed by atoms with van der Waals surface area (Å²) in [7, 11) is 0. The lowest BCUT2D eigenvalue weighted by atomic mass is 10.1. The second-order valence-electron chi connectivity index (χ2n) is 8.34. The molecule has 0 N–H and O–H groups in total. The molecule has 0 radical (unpaired) electrons. The number of unbranched alkanes of at least 4 members (excludes halogenated alkanes) is 2. The van der Waals surface area contributed by atoms with E-state index in [0.29, 0.717) is 34.8 Å². The van der Waals surface area contributed by atoms with Gasteiger partial charge in [-0.3, -0.25) is 0 Å². The Labute approximate surface area is 227 Å². The largest absolute Gasteiger partial charge is 0.491 e. The van der Waals surface area contributed by atoms with Gasteiger partial charge in [-0.15, -0.1) is 0 Å². The number of carbonyl (C=O) groups is 1. The van der Waals surface area contributed by atoms with E-state index < -0.39 is 17.6 Å². The van der Waals surface area contributed by atoms with E-state index in [1.807, 2.05) is 30.3 Å². The molecule has 2 unspecified atom stereocenters. The number of rotatable bonds is 14. The zero-order valence-corrected chi connectivity index (χ0v) is 22.7. The molecule has 0 saturated carbocycles. The highest BCUT2D eigenvalue weighted by molar-refractivity contribution is 6.35. The van der Waals surface area contributed by atoms with Crippen LogP contribution in [0.25, 0.3) is 10.8 Å². The van der Waals surface area contributed by atoms with Crippen molar-refractivity contribution in [3.8, 4) is 11.5 Å². The maximum atomic E-state index is 12.8. The fourth-order valence-electron chi connectivity index (χ4n) is 3.44. The number of alkyl halides is 1. The molecule has 0 aliphatic heterocycles. The van der Waals surface area contributed by atoms with Gasteiger partial charge in [0.15, 0.2) is 5.56 Å². The first kappa shape index (κ1) is 28.5. The Hall–Kier alpha value is -2.02. The Morgan fingerprint density at radius 3 is 2.28 bits per heavy atom. The van der Waals surface area contributed by atoms with Gasteiger partial charge in [0.05, 0.1) is 5.56 Å². The maximum Gasteiger partial charge on any atom is 0.343 e. The number of halogens is 3. The van der Waals surface area contributed by atoms with Gasteiger partial charge < -0.3 is 18.9 Å². The number of fused-ring (bicyclic) bond motifs is 1. The molecule has 3 aromatic rings. The normalized spacial score (nSPS) is 12.9. The number of hydrogen-bond acceptors (Lipinski definition) is 5. The Kier molecular flexibility index (Phi) is 11.6. The minimum absolute atomic E-state index is 0.221. The molecule has 0 aromatic heterocycles. The maximum absolute atomic E-state index is 12.8. The van der Waals surface area contributed by atoms with Crippen molar-refractivity contribution >= 4 is 51.5 Å². The SMILES string of the molecule is CCCCOC(Cl)C(COc1ccc2cccc(OC(=O)c3cc(Cl)cc(Cl)c3)c2c1)OCCCC. The Bertz CT molecular complexity index is 1120. The molecule has 194 valence electrons. The van der Waals surface area contributed by atoms with Gasteiger partial charge in [-0.2, -0.15) is 0 Å². The third-order valence-corrected chi connectivity index (χ3v) is 6.27. The first-order valence-electron chi connectivity index (χ1n) is 12.1. The molecular weight excluding hydrogens is 523 g/mol. The lowest BCUT2D eigenvalue weighted by Gasteiger charge is -2.23. The molecule has 8 heteroatoms. The quantitative estimate of drug-likeness (QED) is 0.0869. The molecular formula is C28H31Cl3O5. The van der Waals surface area contributed by atoms with Crippen LogP contribution in [0.3, 0.4) is 0 Å². The molecule has 0 aliphatic carbocycles. The van der Waals surface area contributed by atoms with Crippen LogP contribution in [-0.2, 0) is 9.47 Å². The monoisotopic (exact) mass is 552 g/mol. The summed E-state index contributed by atoms with van der Waals surface area (Å²) in [4.78, 5) is 12.8. The minimum atomic E-state index is -0.616. The van der Waals surface area contributed by atoms with Crippen LogP contribution in [0.1, 0.15) is 49.9 Å². The molecule has 0 bridgehead atoms. The van der Waals surface area contributed by atoms with Crippen LogP contribution in [0.2, 0.25) is 10.0 Å². The van der Waals surface area contributed by atoms with Gasteiger partial charge in [-0.25, -0.2) is 4.79 Å². The van der Waals surface area contributed by atoms with E-state index in [4.69, 9.17) is 53.8 Å². The fraction of sp³-hybridized carbons (Fsp3) is 0.393. The molecule has 2 atom stereocenters. The van der Waals surface area contributed by atoms with Crippen LogP contribution < -0.4 is 9.47 Å². The van der Waals surface area contributed by atoms with Gasteiger partial charge in [0, 0.05) is 28.6 Å². The molecule has 5 nitrogen and oxygen atoms in total. The molecule has 36 heavy (non-hydrogen) atoms. The molecule has 0 saturated heterocycles. The number of carbonyl (C=O) groups excluding carboxylic acids is 1. The second kappa shape index (κ2) is 14.7. The summed E-state index contributed by atoms with van der Waals surface area (Å²) < 4.78 is 23.4. The van der Waals surface area contributed by atoms with Gasteiger partial charge in [-0.1, -0.05) is 79.7 Å². The number of ether oxygens (including phenoxy) is 4. The molecule has 0 fully saturated rings. The summed E-state index contributed by atoms with van der Waals surface area (Å²) in [6, 6.07) is 15.6. The van der Waals surface area contributed by atoms with Crippen LogP contribution in [0.15, 0.2) is 54.6 Å². The van der Waals surface area contributed by atoms with Crippen molar-refractivity contribution in [2.24, 2.45) is 0 Å². The van der Waals surface area contributed by atoms with Gasteiger partial charge in [0.1, 0.15) is 24.2 Å². The van der Waals surface area contributed by atoms with Crippen molar-refractivity contribution in [3.05, 3.63) is 70.2 Å². The van der Waals surface area contributed by atoms with E-state index in [-0.39, 0.29) is 12.2 Å². The summed E-state index contributed by atoms with van der Waals surface area (Å²) in [6.07, 6.45) is 3.48. The number of benzene rings is 3. The van der Waals surface area contributed by atoms with Crippen molar-refractivity contribution in [1.82, 2.24) is 0 Å². The van der Waals surface area contributed by atoms with Crippen molar-refractivity contribution in [1.29, 1.82) is 0 Å². The summed E-state index contributed by atoms with van der Waals surface area (Å²) in [6.45, 7) is 5.57. The van der Waals surface area contributed by atoms with Gasteiger partial charge in [0.25, 0.3) is 0 Å². The van der Waals surface area contributed by atoms with E-state index in [1.54, 1.807) is 12.1 Å². The van der Waals surface area contributed by atoms with Crippen LogP contribution in [0.4, 0.5) is 0 Å². The van der Waals surface area contributed by atoms with Crippen LogP contribution >= 0.6 is 34.8 Å². The zero-order chi connectivity index (χ0) is 25.9. The highest BCUT2D eigenvalue weighted by Crippen LogP contribution is 2.31. The van der Waals surface area contributed by atoms with Crippen LogP contribution in [-0.4, -0.2) is 37.5 Å². The lowest BCUT2D eigenvalue weighted by molar-refractivity contribution is -0.0566. The minimum Gasteiger partial charge on any atom is -0.491 e. The van der Waals surface area contributed by atoms with Gasteiger partial charge in [-0.05, 0) is 54.6 Å². The van der Waals surface area contributed by atoms with Gasteiger partial charge >= 0.3 is 5.97 Å². The Balaban J connectivity index is 1.74. The molecule has 0 amide bonds. The average molecular weight is 554 g/mol. The summed E-state index contributed by atoms with van der Waals surface area (Å²) in [5.74, 6) is 0.433. The first-order valence-corrected chi connectivity index (χ1v) is 13.3. The smallest absolute Gasteiger partial charge is 0.343 e. The van der Waals surface area contributed by atoms with Crippen molar-refractivity contribution in [2.45, 2.75) is 51.2 Å². The number of esters is 1. The van der Waals surface area contributed by atoms with Crippen molar-refractivity contribution in [3.63, 3.8) is 0 Å². The summed E-state index contributed by atoms with van der Waals surface area (Å²) >= 11 is 18.5. The van der Waals surface area contributed by atoms with Crippen LogP contribution in [0, 0.1) is 0 Å². The van der Waals surface area contributed by atoms with E-state index in [9.17, 15) is 4.79 Å². The Morgan fingerprint density at radius 2 is 1.58 bits per heavy atom. The third-order valence-electron chi connectivity index (χ3n) is 5.43. The summed E-state index contributed by atoms with van der Waals surface area (Å²) in [5, 5.41) is 2.33. The third kappa shape index (κ3) is 8.53. The van der Waals surface area contributed by atoms with E-state index >= 15 is 0 Å². The van der Waals surface area contributed by atoms with Crippen LogP contribution in [0.5, 0.6) is 11.5 Å². The molecule has 0 heterocycles. The van der Waals surface area contributed by atoms with E-state index in [0.717, 1.165) is 36.5 Å². The average Bonchev–Trinajstić information content (AvgIpc) is 2.85. The predicted octanol–water partition coefficient (Wildman–Crippen LogP) is 8.31. The fourth-order valence-corrected chi connectivity index (χ4v) is 4.20. The van der Waals surface area contributed by atoms with E-state index in [1.165, 1.54) is 12.1 Å². The first-order chi connectivity index (χ1) is 17.4. The standard InChI is InChI=1S/C28H31Cl3O5/c1-3-5-12-33-26(27(31)34-13-6-4-2)18-35-23-11-10-19-8-7-9-25(24(19)17-23)36-28(32)20-14-21(29)16-22(30)15-20/h7-11,14-17,26-27H,3-6,12-13,18H2,1-2H3.